The maximum atomic E-state index is 11.7. The Balaban J connectivity index is 4.96. The van der Waals surface area contributed by atoms with Gasteiger partial charge in [0.2, 0.25) is 0 Å². The van der Waals surface area contributed by atoms with Crippen molar-refractivity contribution >= 4 is 5.78 Å². The second-order valence-electron chi connectivity index (χ2n) is 5.24. The number of carbonyl (C=O) groups excluding carboxylic acids is 1. The van der Waals surface area contributed by atoms with Crippen LogP contribution in [0.25, 0.3) is 0 Å². The summed E-state index contributed by atoms with van der Waals surface area (Å²) in [4.78, 5) is 11.7. The van der Waals surface area contributed by atoms with E-state index in [9.17, 15) is 40.5 Å². The molecule has 0 saturated carbocycles. The summed E-state index contributed by atoms with van der Waals surface area (Å²) >= 11 is 0. The molecule has 0 radical (unpaired) electrons. The Hall–Kier alpha value is -0.770. The molecule has 0 rings (SSSR count). The molecule has 0 aromatic rings. The molecular weight excluding hydrogens is 336 g/mol. The highest BCUT2D eigenvalue weighted by Crippen LogP contribution is 2.13. The predicted octanol–water partition coefficient (Wildman–Crippen LogP) is -7.21. The molecule has 0 heterocycles. The highest BCUT2D eigenvalue weighted by Gasteiger charge is 2.42. The summed E-state index contributed by atoms with van der Waals surface area (Å²) in [7, 11) is 0. The van der Waals surface area contributed by atoms with E-state index in [1.807, 2.05) is 0 Å². The minimum Gasteiger partial charge on any atom is -0.394 e. The van der Waals surface area contributed by atoms with Crippen LogP contribution in [0.3, 0.4) is 0 Å². The summed E-state index contributed by atoms with van der Waals surface area (Å²) in [6, 6.07) is 0. The third kappa shape index (κ3) is 5.65. The number of hydrogen-bond acceptors (Lipinski definition) is 12. The first-order valence-corrected chi connectivity index (χ1v) is 6.89. The molecule has 0 saturated heterocycles. The second kappa shape index (κ2) is 10.3. The maximum absolute atomic E-state index is 11.7. The summed E-state index contributed by atoms with van der Waals surface area (Å²) < 4.78 is 0. The standard InChI is InChI=1S/C12H24O12/c13-1-3(15)5(17)7(19)9(21)11(23)12(24)10(22)8(20)6(18)4(16)2-14/h3-11,13-23H,1-2H2/t3-,4-,5-,6-,7+,8+,9+,10-,11?/m1/s1. The monoisotopic (exact) mass is 360 g/mol. The van der Waals surface area contributed by atoms with E-state index < -0.39 is 73.9 Å². The van der Waals surface area contributed by atoms with E-state index in [4.69, 9.17) is 20.4 Å². The van der Waals surface area contributed by atoms with Crippen LogP contribution >= 0.6 is 0 Å². The van der Waals surface area contributed by atoms with Gasteiger partial charge in [-0.3, -0.25) is 4.79 Å². The molecular formula is C12H24O12. The molecule has 0 bridgehead atoms. The highest BCUT2D eigenvalue weighted by molar-refractivity contribution is 5.88. The molecule has 0 aromatic carbocycles. The number of ketones is 1. The third-order valence-electron chi connectivity index (χ3n) is 3.44. The molecule has 24 heavy (non-hydrogen) atoms. The molecule has 0 aromatic heterocycles. The van der Waals surface area contributed by atoms with Gasteiger partial charge in [-0.25, -0.2) is 0 Å². The van der Waals surface area contributed by atoms with Crippen LogP contribution in [0.5, 0.6) is 0 Å². The Morgan fingerprint density at radius 2 is 0.833 bits per heavy atom. The normalized spacial score (nSPS) is 23.5. The van der Waals surface area contributed by atoms with Crippen molar-refractivity contribution in [3.05, 3.63) is 0 Å². The van der Waals surface area contributed by atoms with Crippen LogP contribution in [-0.2, 0) is 4.79 Å². The molecule has 9 atom stereocenters. The minimum atomic E-state index is -2.55. The van der Waals surface area contributed by atoms with Gasteiger partial charge >= 0.3 is 0 Å². The number of rotatable bonds is 11. The molecule has 1 unspecified atom stereocenters. The van der Waals surface area contributed by atoms with Crippen molar-refractivity contribution < 1.29 is 61.0 Å². The summed E-state index contributed by atoms with van der Waals surface area (Å²) in [5.74, 6) is -1.68. The summed E-state index contributed by atoms with van der Waals surface area (Å²) in [6.45, 7) is -2.00. The van der Waals surface area contributed by atoms with Crippen molar-refractivity contribution in [2.75, 3.05) is 13.2 Å². The third-order valence-corrected chi connectivity index (χ3v) is 3.44. The zero-order chi connectivity index (χ0) is 19.2. The Bertz CT molecular complexity index is 379. The van der Waals surface area contributed by atoms with Crippen molar-refractivity contribution in [1.82, 2.24) is 0 Å². The Morgan fingerprint density at radius 1 is 0.542 bits per heavy atom. The van der Waals surface area contributed by atoms with Gasteiger partial charge in [0.15, 0.2) is 5.78 Å². The molecule has 0 amide bonds. The van der Waals surface area contributed by atoms with E-state index >= 15 is 0 Å². The van der Waals surface area contributed by atoms with Crippen LogP contribution in [0, 0.1) is 0 Å². The van der Waals surface area contributed by atoms with E-state index in [1.165, 1.54) is 0 Å². The topological polar surface area (TPSA) is 240 Å². The summed E-state index contributed by atoms with van der Waals surface area (Å²) in [6.07, 6.45) is -20.2. The van der Waals surface area contributed by atoms with Crippen molar-refractivity contribution in [2.24, 2.45) is 0 Å². The van der Waals surface area contributed by atoms with E-state index in [-0.39, 0.29) is 0 Å². The van der Waals surface area contributed by atoms with Gasteiger partial charge < -0.3 is 56.2 Å². The number of carbonyl (C=O) groups is 1. The number of aliphatic hydroxyl groups excluding tert-OH is 11. The SMILES string of the molecule is O=C(C(O)[C@@H](O)[C@@H](O)[C@H](O)[C@H](O)CO)[C@H](O)[C@@H](O)[C@H](O)[C@H](O)CO. The first-order chi connectivity index (χ1) is 11.0. The van der Waals surface area contributed by atoms with Crippen molar-refractivity contribution in [3.8, 4) is 0 Å². The summed E-state index contributed by atoms with van der Waals surface area (Å²) in [5.41, 5.74) is 0. The number of aliphatic hydroxyl groups is 11. The van der Waals surface area contributed by atoms with Crippen LogP contribution in [0.1, 0.15) is 0 Å². The van der Waals surface area contributed by atoms with Crippen LogP contribution in [0.2, 0.25) is 0 Å². The first-order valence-electron chi connectivity index (χ1n) is 6.89. The molecule has 12 heteroatoms. The minimum absolute atomic E-state index is 0.998. The first kappa shape index (κ1) is 23.2. The van der Waals surface area contributed by atoms with E-state index in [1.54, 1.807) is 0 Å². The average molecular weight is 360 g/mol. The Labute approximate surface area is 136 Å². The van der Waals surface area contributed by atoms with Gasteiger partial charge in [-0.1, -0.05) is 0 Å². The van der Waals surface area contributed by atoms with Gasteiger partial charge in [0, 0.05) is 0 Å². The number of Topliss-reactive ketones (excluding diaryl/α,β-unsaturated/α-hetero) is 1. The molecule has 11 N–H and O–H groups in total. The smallest absolute Gasteiger partial charge is 0.195 e. The van der Waals surface area contributed by atoms with Gasteiger partial charge in [-0.05, 0) is 0 Å². The molecule has 0 aliphatic heterocycles. The Kier molecular flexibility index (Phi) is 9.94. The van der Waals surface area contributed by atoms with Gasteiger partial charge in [-0.15, -0.1) is 0 Å². The van der Waals surface area contributed by atoms with Crippen molar-refractivity contribution in [1.29, 1.82) is 0 Å². The lowest BCUT2D eigenvalue weighted by Gasteiger charge is -2.30. The van der Waals surface area contributed by atoms with Crippen LogP contribution in [-0.4, -0.2) is 130 Å². The fourth-order valence-corrected chi connectivity index (χ4v) is 1.76. The predicted molar refractivity (Wildman–Crippen MR) is 73.2 cm³/mol. The zero-order valence-electron chi connectivity index (χ0n) is 12.4. The van der Waals surface area contributed by atoms with Crippen LogP contribution in [0.4, 0.5) is 0 Å². The van der Waals surface area contributed by atoms with Gasteiger partial charge in [0.1, 0.15) is 54.9 Å². The van der Waals surface area contributed by atoms with Crippen LogP contribution in [0.15, 0.2) is 0 Å². The molecule has 12 nitrogen and oxygen atoms in total. The average Bonchev–Trinajstić information content (AvgIpc) is 2.61. The lowest BCUT2D eigenvalue weighted by Crippen LogP contribution is -2.56. The molecule has 0 aliphatic carbocycles. The fraction of sp³-hybridized carbons (Fsp3) is 0.917. The van der Waals surface area contributed by atoms with Gasteiger partial charge in [0.05, 0.1) is 13.2 Å². The molecule has 0 spiro atoms. The quantitative estimate of drug-likeness (QED) is 0.165. The van der Waals surface area contributed by atoms with Gasteiger partial charge in [-0.2, -0.15) is 0 Å². The van der Waals surface area contributed by atoms with Crippen molar-refractivity contribution in [2.45, 2.75) is 54.9 Å². The molecule has 0 aliphatic rings. The van der Waals surface area contributed by atoms with E-state index in [2.05, 4.69) is 0 Å². The zero-order valence-corrected chi connectivity index (χ0v) is 12.4. The second-order valence-corrected chi connectivity index (χ2v) is 5.24. The lowest BCUT2D eigenvalue weighted by atomic mass is 9.92. The van der Waals surface area contributed by atoms with E-state index in [0.717, 1.165) is 0 Å². The maximum Gasteiger partial charge on any atom is 0.195 e. The largest absolute Gasteiger partial charge is 0.394 e. The van der Waals surface area contributed by atoms with Crippen LogP contribution < -0.4 is 0 Å². The van der Waals surface area contributed by atoms with Crippen molar-refractivity contribution in [3.63, 3.8) is 0 Å². The van der Waals surface area contributed by atoms with E-state index in [0.29, 0.717) is 0 Å². The highest BCUT2D eigenvalue weighted by atomic mass is 16.4. The fourth-order valence-electron chi connectivity index (χ4n) is 1.76. The Morgan fingerprint density at radius 3 is 1.17 bits per heavy atom. The summed E-state index contributed by atoms with van der Waals surface area (Å²) in [5, 5.41) is 102. The molecule has 0 fully saturated rings. The van der Waals surface area contributed by atoms with Gasteiger partial charge in [0.25, 0.3) is 0 Å². The lowest BCUT2D eigenvalue weighted by molar-refractivity contribution is -0.171. The molecule has 144 valence electrons. The number of hydrogen-bond donors (Lipinski definition) is 11.